The lowest BCUT2D eigenvalue weighted by Gasteiger charge is -2.02. The maximum Gasteiger partial charge on any atom is 0.130 e. The number of aromatic hydroxyl groups is 1. The van der Waals surface area contributed by atoms with Gasteiger partial charge in [-0.1, -0.05) is 0 Å². The number of nitrogens with two attached hydrogens (primary N) is 1. The molecule has 1 rings (SSSR count). The van der Waals surface area contributed by atoms with Crippen LogP contribution in [0.1, 0.15) is 0 Å². The van der Waals surface area contributed by atoms with Gasteiger partial charge in [0.25, 0.3) is 0 Å². The van der Waals surface area contributed by atoms with Crippen molar-refractivity contribution in [2.45, 2.75) is 4.90 Å². The quantitative estimate of drug-likeness (QED) is 0.662. The molecular weight excluding hydrogens is 285 g/mol. The van der Waals surface area contributed by atoms with Crippen molar-refractivity contribution in [2.75, 3.05) is 12.3 Å². The Kier molecular flexibility index (Phi) is 4.17. The molecule has 0 aliphatic rings. The molecule has 0 unspecified atom stereocenters. The zero-order valence-electron chi connectivity index (χ0n) is 6.46. The Morgan fingerprint density at radius 2 is 2.25 bits per heavy atom. The van der Waals surface area contributed by atoms with Crippen LogP contribution in [0.25, 0.3) is 0 Å². The van der Waals surface area contributed by atoms with Gasteiger partial charge in [0, 0.05) is 20.8 Å². The van der Waals surface area contributed by atoms with Crippen LogP contribution >= 0.6 is 34.4 Å². The standard InChI is InChI=1S/C8H10INOS/c9-6-1-2-8(7(11)5-6)12-4-3-10/h1-2,5,11H,3-4,10H2. The summed E-state index contributed by atoms with van der Waals surface area (Å²) in [6, 6.07) is 5.63. The van der Waals surface area contributed by atoms with Crippen molar-refractivity contribution >= 4 is 34.4 Å². The summed E-state index contributed by atoms with van der Waals surface area (Å²) in [4.78, 5) is 0.904. The van der Waals surface area contributed by atoms with E-state index < -0.39 is 0 Å². The first-order valence-corrected chi connectivity index (χ1v) is 5.62. The molecule has 0 aliphatic carbocycles. The average Bonchev–Trinajstić information content (AvgIpc) is 2.03. The van der Waals surface area contributed by atoms with E-state index in [2.05, 4.69) is 22.6 Å². The second-order valence-corrected chi connectivity index (χ2v) is 4.63. The molecule has 0 bridgehead atoms. The van der Waals surface area contributed by atoms with E-state index in [1.54, 1.807) is 17.8 Å². The zero-order chi connectivity index (χ0) is 8.97. The van der Waals surface area contributed by atoms with Crippen LogP contribution in [0.4, 0.5) is 0 Å². The largest absolute Gasteiger partial charge is 0.507 e. The lowest BCUT2D eigenvalue weighted by atomic mass is 10.3. The molecular formula is C8H10INOS. The normalized spacial score (nSPS) is 10.2. The summed E-state index contributed by atoms with van der Waals surface area (Å²) in [5.41, 5.74) is 5.35. The van der Waals surface area contributed by atoms with Crippen LogP contribution in [0.15, 0.2) is 23.1 Å². The van der Waals surface area contributed by atoms with Crippen LogP contribution < -0.4 is 5.73 Å². The molecule has 0 aliphatic heterocycles. The second kappa shape index (κ2) is 4.94. The highest BCUT2D eigenvalue weighted by atomic mass is 127. The minimum Gasteiger partial charge on any atom is -0.507 e. The fraction of sp³-hybridized carbons (Fsp3) is 0.250. The molecule has 12 heavy (non-hydrogen) atoms. The van der Waals surface area contributed by atoms with Gasteiger partial charge in [-0.2, -0.15) is 0 Å². The van der Waals surface area contributed by atoms with Crippen LogP contribution in [0, 0.1) is 3.57 Å². The lowest BCUT2D eigenvalue weighted by Crippen LogP contribution is -2.00. The summed E-state index contributed by atoms with van der Waals surface area (Å²) < 4.78 is 1.04. The Labute approximate surface area is 89.7 Å². The predicted molar refractivity (Wildman–Crippen MR) is 60.6 cm³/mol. The molecule has 0 amide bonds. The summed E-state index contributed by atoms with van der Waals surface area (Å²) in [6.07, 6.45) is 0. The molecule has 0 saturated carbocycles. The van der Waals surface area contributed by atoms with Gasteiger partial charge in [0.05, 0.1) is 0 Å². The number of phenolic OH excluding ortho intramolecular Hbond substituents is 1. The number of hydrogen-bond donors (Lipinski definition) is 2. The Morgan fingerprint density at radius 3 is 2.83 bits per heavy atom. The van der Waals surface area contributed by atoms with Gasteiger partial charge >= 0.3 is 0 Å². The molecule has 0 fully saturated rings. The van der Waals surface area contributed by atoms with E-state index in [-0.39, 0.29) is 0 Å². The second-order valence-electron chi connectivity index (χ2n) is 2.25. The Hall–Kier alpha value is 0.0600. The minimum absolute atomic E-state index is 0.348. The molecule has 0 radical (unpaired) electrons. The highest BCUT2D eigenvalue weighted by Gasteiger charge is 2.00. The summed E-state index contributed by atoms with van der Waals surface area (Å²) in [5, 5.41) is 9.45. The topological polar surface area (TPSA) is 46.2 Å². The van der Waals surface area contributed by atoms with Crippen molar-refractivity contribution in [1.82, 2.24) is 0 Å². The molecule has 1 aromatic carbocycles. The molecule has 0 heterocycles. The smallest absolute Gasteiger partial charge is 0.130 e. The fourth-order valence-electron chi connectivity index (χ4n) is 0.781. The summed E-state index contributed by atoms with van der Waals surface area (Å²) in [5.74, 6) is 1.19. The van der Waals surface area contributed by atoms with Crippen molar-refractivity contribution < 1.29 is 5.11 Å². The van der Waals surface area contributed by atoms with E-state index >= 15 is 0 Å². The van der Waals surface area contributed by atoms with Crippen LogP contribution in [-0.4, -0.2) is 17.4 Å². The van der Waals surface area contributed by atoms with Crippen molar-refractivity contribution in [3.63, 3.8) is 0 Å². The highest BCUT2D eigenvalue weighted by Crippen LogP contribution is 2.29. The summed E-state index contributed by atoms with van der Waals surface area (Å²) in [6.45, 7) is 0.635. The molecule has 0 aromatic heterocycles. The van der Waals surface area contributed by atoms with Crippen molar-refractivity contribution in [3.8, 4) is 5.75 Å². The van der Waals surface area contributed by atoms with Gasteiger partial charge in [-0.3, -0.25) is 0 Å². The number of halogens is 1. The first-order chi connectivity index (χ1) is 5.74. The van der Waals surface area contributed by atoms with Gasteiger partial charge in [-0.15, -0.1) is 11.8 Å². The summed E-state index contributed by atoms with van der Waals surface area (Å²) >= 11 is 3.74. The average molecular weight is 295 g/mol. The third-order valence-corrected chi connectivity index (χ3v) is 3.06. The van der Waals surface area contributed by atoms with Gasteiger partial charge in [-0.05, 0) is 40.8 Å². The molecule has 4 heteroatoms. The van der Waals surface area contributed by atoms with Gasteiger partial charge in [0.2, 0.25) is 0 Å². The Balaban J connectivity index is 2.72. The highest BCUT2D eigenvalue weighted by molar-refractivity contribution is 14.1. The van der Waals surface area contributed by atoms with E-state index in [9.17, 15) is 5.11 Å². The lowest BCUT2D eigenvalue weighted by molar-refractivity contribution is 0.462. The number of rotatable bonds is 3. The number of phenols is 1. The zero-order valence-corrected chi connectivity index (χ0v) is 9.43. The van der Waals surface area contributed by atoms with Gasteiger partial charge in [0.15, 0.2) is 0 Å². The van der Waals surface area contributed by atoms with Gasteiger partial charge in [0.1, 0.15) is 5.75 Å². The number of thioether (sulfide) groups is 1. The predicted octanol–water partition coefficient (Wildman–Crippen LogP) is 2.05. The SMILES string of the molecule is NCCSc1ccc(I)cc1O. The maximum atomic E-state index is 9.45. The van der Waals surface area contributed by atoms with E-state index in [1.165, 1.54) is 0 Å². The molecule has 66 valence electrons. The molecule has 3 N–H and O–H groups in total. The van der Waals surface area contributed by atoms with E-state index in [1.807, 2.05) is 12.1 Å². The molecule has 1 aromatic rings. The molecule has 0 saturated heterocycles. The Morgan fingerprint density at radius 1 is 1.50 bits per heavy atom. The fourth-order valence-corrected chi connectivity index (χ4v) is 1.97. The third-order valence-electron chi connectivity index (χ3n) is 1.30. The van der Waals surface area contributed by atoms with Crippen LogP contribution in [-0.2, 0) is 0 Å². The molecule has 0 spiro atoms. The number of benzene rings is 1. The van der Waals surface area contributed by atoms with Crippen molar-refractivity contribution in [3.05, 3.63) is 21.8 Å². The number of hydrogen-bond acceptors (Lipinski definition) is 3. The van der Waals surface area contributed by atoms with Crippen LogP contribution in [0.2, 0.25) is 0 Å². The van der Waals surface area contributed by atoms with Crippen molar-refractivity contribution in [1.29, 1.82) is 0 Å². The first-order valence-electron chi connectivity index (χ1n) is 3.55. The first kappa shape index (κ1) is 10.1. The summed E-state index contributed by atoms with van der Waals surface area (Å²) in [7, 11) is 0. The van der Waals surface area contributed by atoms with Gasteiger partial charge < -0.3 is 10.8 Å². The van der Waals surface area contributed by atoms with Crippen molar-refractivity contribution in [2.24, 2.45) is 5.73 Å². The van der Waals surface area contributed by atoms with Crippen LogP contribution in [0.3, 0.4) is 0 Å². The monoisotopic (exact) mass is 295 g/mol. The third kappa shape index (κ3) is 2.84. The van der Waals surface area contributed by atoms with Crippen LogP contribution in [0.5, 0.6) is 5.75 Å². The molecule has 2 nitrogen and oxygen atoms in total. The minimum atomic E-state index is 0.348. The van der Waals surface area contributed by atoms with E-state index in [4.69, 9.17) is 5.73 Å². The maximum absolute atomic E-state index is 9.45. The van der Waals surface area contributed by atoms with E-state index in [0.29, 0.717) is 12.3 Å². The molecule has 0 atom stereocenters. The van der Waals surface area contributed by atoms with Gasteiger partial charge in [-0.25, -0.2) is 0 Å². The Bertz CT molecular complexity index is 267. The van der Waals surface area contributed by atoms with E-state index in [0.717, 1.165) is 14.2 Å².